The van der Waals surface area contributed by atoms with E-state index in [2.05, 4.69) is 59.4 Å². The molecule has 0 radical (unpaired) electrons. The molecule has 3 aliphatic rings. The van der Waals surface area contributed by atoms with Crippen LogP contribution < -0.4 is 14.7 Å². The first-order valence-electron chi connectivity index (χ1n) is 36.7. The number of aromatic amines is 3. The summed E-state index contributed by atoms with van der Waals surface area (Å²) in [5, 5.41) is 0.216. The SMILES string of the molecule is [2H]c1nc(N(C([2H])([2H])[2H])[C@@]2([2H])C([2H])([2H])N(C(=O)C([2H])([2H])[N+]#[C-])C([2H])([2H])C[C@@]2([2H])C)c2cc[nH]c2n1.[2H]c1nc(N(C)[C@@]2([2H])C([2H])([2H])N(C(=O)C([2H])([2H])[N+]#[C-])C([2H])([2H])C[C@@]2([2H])C)c2cc[nH]c2n1.[2H]c1nc(N([C@@H]2[C@H](C([2H])([2H])[2H])CC([2H])([2H])N(C(=O)C([2H])([2H])[N+]#[C-])C2([2H])[2H])C([2H])([2H])[2H])c2cc[nH]c2n1. The molecule has 6 atom stereocenters. The Morgan fingerprint density at radius 2 is 1.06 bits per heavy atom. The van der Waals surface area contributed by atoms with Crippen molar-refractivity contribution in [2.24, 2.45) is 17.7 Å². The molecule has 360 valence electrons. The number of nitrogens with one attached hydrogen (secondary N) is 3. The Hall–Kier alpha value is -7.86. The van der Waals surface area contributed by atoms with Crippen molar-refractivity contribution >= 4 is 68.3 Å². The van der Waals surface area contributed by atoms with Gasteiger partial charge in [-0.05, 0) is 55.2 Å². The molecule has 21 nitrogen and oxygen atoms in total. The maximum atomic E-state index is 12.9. The Bertz CT molecular complexity index is 4430. The number of hydrogen-bond acceptors (Lipinski definition) is 12. The molecule has 9 rings (SSSR count). The van der Waals surface area contributed by atoms with Gasteiger partial charge in [0.1, 0.15) is 65.6 Å². The van der Waals surface area contributed by atoms with E-state index in [1.807, 2.05) is 0 Å². The van der Waals surface area contributed by atoms with E-state index in [1.54, 1.807) is 0 Å². The number of fused-ring (bicyclic) bond motifs is 3. The molecule has 3 aliphatic heterocycles. The fourth-order valence-electron chi connectivity index (χ4n) is 6.52. The molecule has 3 amide bonds. The van der Waals surface area contributed by atoms with Gasteiger partial charge < -0.3 is 58.9 Å². The zero-order valence-corrected chi connectivity index (χ0v) is 36.2. The van der Waals surface area contributed by atoms with Crippen LogP contribution >= 0.6 is 0 Å². The highest BCUT2D eigenvalue weighted by Crippen LogP contribution is 2.31. The fourth-order valence-corrected chi connectivity index (χ4v) is 6.52. The topological polar surface area (TPSA) is 208 Å². The number of likely N-dealkylation sites (N-methyl/N-ethyl adjacent to an activating group) is 3. The van der Waals surface area contributed by atoms with E-state index in [1.165, 1.54) is 43.8 Å². The van der Waals surface area contributed by atoms with E-state index in [4.69, 9.17) is 66.3 Å². The maximum absolute atomic E-state index is 12.9. The van der Waals surface area contributed by atoms with Crippen LogP contribution in [0.3, 0.4) is 0 Å². The molecule has 3 N–H and O–H groups in total. The van der Waals surface area contributed by atoms with Crippen molar-refractivity contribution in [1.29, 1.82) is 0 Å². The Labute approximate surface area is 449 Å². The fraction of sp³-hybridized carbons (Fsp3) is 0.500. The lowest BCUT2D eigenvalue weighted by atomic mass is 9.92. The second-order valence-corrected chi connectivity index (χ2v) is 14.2. The lowest BCUT2D eigenvalue weighted by Crippen LogP contribution is -2.53. The number of aromatic nitrogens is 9. The van der Waals surface area contributed by atoms with Gasteiger partial charge in [0.2, 0.25) is 0 Å². The van der Waals surface area contributed by atoms with Gasteiger partial charge in [-0.15, -0.1) is 0 Å². The monoisotopic (exact) mass is 971 g/mol. The number of likely N-dealkylation sites (tertiary alicyclic amines) is 3. The van der Waals surface area contributed by atoms with Gasteiger partial charge in [-0.2, -0.15) is 0 Å². The van der Waals surface area contributed by atoms with E-state index >= 15 is 0 Å². The number of carbonyl (C=O) groups is 3. The summed E-state index contributed by atoms with van der Waals surface area (Å²) in [6, 6.07) is -4.33. The zero-order chi connectivity index (χ0) is 79.1. The van der Waals surface area contributed by atoms with E-state index < -0.39 is 183 Å². The summed E-state index contributed by atoms with van der Waals surface area (Å²) in [4.78, 5) is 77.9. The molecule has 0 bridgehead atoms. The van der Waals surface area contributed by atoms with Gasteiger partial charge in [-0.25, -0.2) is 49.6 Å². The minimum absolute atomic E-state index is 0.0198. The third kappa shape index (κ3) is 11.0. The van der Waals surface area contributed by atoms with Gasteiger partial charge in [0.15, 0.2) is 0 Å². The molecule has 0 spiro atoms. The van der Waals surface area contributed by atoms with Gasteiger partial charge >= 0.3 is 17.7 Å². The van der Waals surface area contributed by atoms with Crippen LogP contribution in [0.1, 0.15) is 86.6 Å². The van der Waals surface area contributed by atoms with Gasteiger partial charge in [0.25, 0.3) is 19.5 Å². The second kappa shape index (κ2) is 22.3. The molecular formula is C48H60N18O3. The van der Waals surface area contributed by atoms with Crippen molar-refractivity contribution < 1.29 is 61.0 Å². The van der Waals surface area contributed by atoms with Crippen molar-refractivity contribution in [1.82, 2.24) is 59.6 Å². The molecule has 69 heavy (non-hydrogen) atoms. The number of carbonyl (C=O) groups excluding carboxylic acids is 3. The highest BCUT2D eigenvalue weighted by molar-refractivity contribution is 5.89. The smallest absolute Gasteiger partial charge is 0.302 e. The van der Waals surface area contributed by atoms with Crippen LogP contribution in [0.4, 0.5) is 17.5 Å². The third-order valence-corrected chi connectivity index (χ3v) is 9.87. The minimum atomic E-state index is -3.72. The van der Waals surface area contributed by atoms with Crippen LogP contribution in [0.5, 0.6) is 0 Å². The average Bonchev–Trinajstić information content (AvgIpc) is 1.42. The highest BCUT2D eigenvalue weighted by Gasteiger charge is 2.36. The molecule has 0 aromatic carbocycles. The number of hydrogen-bond donors (Lipinski definition) is 3. The highest BCUT2D eigenvalue weighted by atomic mass is 16.2. The number of amides is 3. The van der Waals surface area contributed by atoms with E-state index in [0.29, 0.717) is 10.3 Å². The first-order chi connectivity index (χ1) is 46.2. The number of anilines is 3. The van der Waals surface area contributed by atoms with Crippen LogP contribution in [-0.2, 0) is 14.4 Å². The van der Waals surface area contributed by atoms with Crippen LogP contribution in [-0.4, -0.2) is 175 Å². The second-order valence-electron chi connectivity index (χ2n) is 14.2. The molecule has 0 saturated carbocycles. The lowest BCUT2D eigenvalue weighted by molar-refractivity contribution is -0.131. The number of rotatable bonds is 9. The summed E-state index contributed by atoms with van der Waals surface area (Å²) in [5.41, 5.74) is 0.160. The Balaban J connectivity index is 0.000000217. The van der Waals surface area contributed by atoms with Crippen molar-refractivity contribution in [2.75, 3.05) is 94.2 Å². The molecular weight excluding hydrogens is 877 g/mol. The molecule has 3 saturated heterocycles. The van der Waals surface area contributed by atoms with Crippen LogP contribution in [0, 0.1) is 37.4 Å². The largest absolute Gasteiger partial charge is 0.354 e. The predicted octanol–water partition coefficient (Wildman–Crippen LogP) is 4.65. The summed E-state index contributed by atoms with van der Waals surface area (Å²) in [6.45, 7) is -16.9. The van der Waals surface area contributed by atoms with Gasteiger partial charge in [-0.3, -0.25) is 14.4 Å². The normalized spacial score (nSPS) is 38.2. The lowest BCUT2D eigenvalue weighted by Gasteiger charge is -2.41. The standard InChI is InChI=1S/3C16H20N6O/c3*1-11-5-7-22(14(23)8-17-2)9-13(11)21(3)16-12-4-6-18-15(12)19-10-20-16/h3*4,6,10-11,13H,5,7-9H2,1,3H3,(H,18,19,20)/t3*11-,13+/m111/s1/i3D3,7D2,8D2,9D2,10D,11D,13D;7D2,8D2,9D2,10D,11D,13D;1D3,3D3,7D2,8D2,9D2,10D. The maximum Gasteiger partial charge on any atom is 0.302 e. The van der Waals surface area contributed by atoms with Crippen LogP contribution in [0.15, 0.2) is 55.7 Å². The molecule has 0 aliphatic carbocycles. The third-order valence-electron chi connectivity index (χ3n) is 9.87. The Morgan fingerprint density at radius 3 is 1.48 bits per heavy atom. The van der Waals surface area contributed by atoms with E-state index in [-0.39, 0.29) is 53.1 Å². The Kier molecular flexibility index (Phi) is 6.98. The molecule has 0 unspecified atom stereocenters. The summed E-state index contributed by atoms with van der Waals surface area (Å²) in [5.74, 6) is -13.9. The quantitative estimate of drug-likeness (QED) is 0.169. The molecule has 9 heterocycles. The zero-order valence-electron chi connectivity index (χ0n) is 70.2. The summed E-state index contributed by atoms with van der Waals surface area (Å²) >= 11 is 0. The first kappa shape index (κ1) is 21.6. The van der Waals surface area contributed by atoms with Gasteiger partial charge in [-0.1, -0.05) is 20.7 Å². The first-order valence-corrected chi connectivity index (χ1v) is 19.7. The van der Waals surface area contributed by atoms with Gasteiger partial charge in [0.05, 0.1) is 45.2 Å². The van der Waals surface area contributed by atoms with E-state index in [9.17, 15) is 14.4 Å². The van der Waals surface area contributed by atoms with Crippen LogP contribution in [0.2, 0.25) is 0 Å². The summed E-state index contributed by atoms with van der Waals surface area (Å²) in [6.07, 6.45) is -0.809. The Morgan fingerprint density at radius 1 is 0.667 bits per heavy atom. The number of nitrogens with zero attached hydrogens (tertiary/aromatic N) is 15. The van der Waals surface area contributed by atoms with Crippen molar-refractivity contribution in [3.8, 4) is 0 Å². The molecule has 3 fully saturated rings. The number of piperidine rings is 3. The van der Waals surface area contributed by atoms with Gasteiger partial charge in [0, 0.05) is 102 Å². The van der Waals surface area contributed by atoms with Crippen molar-refractivity contribution in [3.05, 3.63) is 90.0 Å². The molecule has 6 aromatic heterocycles. The molecule has 21 heteroatoms. The van der Waals surface area contributed by atoms with E-state index in [0.717, 1.165) is 18.7 Å². The average molecular weight is 971 g/mol. The van der Waals surface area contributed by atoms with Crippen LogP contribution in [0.25, 0.3) is 47.6 Å². The number of H-pyrrole nitrogens is 3. The predicted molar refractivity (Wildman–Crippen MR) is 264 cm³/mol. The molecule has 6 aromatic rings. The van der Waals surface area contributed by atoms with Crippen molar-refractivity contribution in [3.63, 3.8) is 0 Å². The van der Waals surface area contributed by atoms with Crippen molar-refractivity contribution in [2.45, 2.75) is 58.0 Å². The summed E-state index contributed by atoms with van der Waals surface area (Å²) < 4.78 is 279. The minimum Gasteiger partial charge on any atom is -0.354 e. The summed E-state index contributed by atoms with van der Waals surface area (Å²) in [7, 11) is 1.22.